The number of hydrogen-bond donors (Lipinski definition) is 2. The monoisotopic (exact) mass is 615 g/mol. The van der Waals surface area contributed by atoms with Crippen LogP contribution in [0.15, 0.2) is 59.8 Å². The summed E-state index contributed by atoms with van der Waals surface area (Å²) in [4.78, 5) is 31.0. The SMILES string of the molecule is CCO/N=C/c1cc(F)ccc1NC(=O)c1cc(NC(=O)C2C(c3cc(Cl)cc(Cl)c3)C2(Cl)Cl)ccc1Cl. The van der Waals surface area contributed by atoms with E-state index in [1.807, 2.05) is 0 Å². The van der Waals surface area contributed by atoms with Gasteiger partial charge < -0.3 is 15.5 Å². The molecule has 2 atom stereocenters. The van der Waals surface area contributed by atoms with E-state index < -0.39 is 33.8 Å². The average Bonchev–Trinajstić information content (AvgIpc) is 3.43. The Balaban J connectivity index is 1.51. The summed E-state index contributed by atoms with van der Waals surface area (Å²) in [7, 11) is 0. The maximum atomic E-state index is 13.7. The molecule has 1 aliphatic rings. The molecular weight excluding hydrogens is 599 g/mol. The molecule has 38 heavy (non-hydrogen) atoms. The first-order chi connectivity index (χ1) is 18.0. The second-order valence-corrected chi connectivity index (χ2v) is 11.1. The van der Waals surface area contributed by atoms with Crippen molar-refractivity contribution in [3.63, 3.8) is 0 Å². The van der Waals surface area contributed by atoms with Crippen molar-refractivity contribution in [1.29, 1.82) is 0 Å². The Morgan fingerprint density at radius 1 is 1.03 bits per heavy atom. The lowest BCUT2D eigenvalue weighted by molar-refractivity contribution is -0.117. The second kappa shape index (κ2) is 11.7. The molecule has 0 aromatic heterocycles. The molecule has 0 saturated heterocycles. The summed E-state index contributed by atoms with van der Waals surface area (Å²) in [6.07, 6.45) is 1.28. The number of rotatable bonds is 8. The fraction of sp³-hybridized carbons (Fsp3) is 0.192. The summed E-state index contributed by atoms with van der Waals surface area (Å²) in [5.74, 6) is -2.90. The fourth-order valence-corrected chi connectivity index (χ4v) is 5.51. The summed E-state index contributed by atoms with van der Waals surface area (Å²) in [6, 6.07) is 13.0. The highest BCUT2D eigenvalue weighted by molar-refractivity contribution is 6.53. The van der Waals surface area contributed by atoms with E-state index in [1.165, 1.54) is 42.6 Å². The molecule has 2 unspecified atom stereocenters. The Hall–Kier alpha value is -2.55. The van der Waals surface area contributed by atoms with E-state index in [9.17, 15) is 14.0 Å². The molecule has 12 heteroatoms. The first kappa shape index (κ1) is 28.5. The Morgan fingerprint density at radius 3 is 2.42 bits per heavy atom. The predicted molar refractivity (Wildman–Crippen MR) is 151 cm³/mol. The Kier molecular flexibility index (Phi) is 8.75. The Morgan fingerprint density at radius 2 is 1.74 bits per heavy atom. The van der Waals surface area contributed by atoms with Crippen molar-refractivity contribution < 1.29 is 18.8 Å². The fourth-order valence-electron chi connectivity index (χ4n) is 3.93. The van der Waals surface area contributed by atoms with Gasteiger partial charge in [-0.25, -0.2) is 4.39 Å². The van der Waals surface area contributed by atoms with Gasteiger partial charge >= 0.3 is 0 Å². The zero-order valence-electron chi connectivity index (χ0n) is 19.6. The second-order valence-electron chi connectivity index (χ2n) is 8.35. The molecule has 0 radical (unpaired) electrons. The smallest absolute Gasteiger partial charge is 0.257 e. The van der Waals surface area contributed by atoms with Crippen LogP contribution in [0.25, 0.3) is 0 Å². The molecule has 1 fully saturated rings. The van der Waals surface area contributed by atoms with Gasteiger partial charge in [-0.3, -0.25) is 9.59 Å². The number of nitrogens with zero attached hydrogens (tertiary/aromatic N) is 1. The van der Waals surface area contributed by atoms with Gasteiger partial charge in [0.2, 0.25) is 5.91 Å². The lowest BCUT2D eigenvalue weighted by Gasteiger charge is -2.12. The molecule has 1 aliphatic carbocycles. The molecule has 0 heterocycles. The van der Waals surface area contributed by atoms with Crippen LogP contribution in [0.1, 0.15) is 34.3 Å². The van der Waals surface area contributed by atoms with E-state index in [1.54, 1.807) is 25.1 Å². The molecule has 3 aromatic carbocycles. The van der Waals surface area contributed by atoms with Crippen molar-refractivity contribution in [1.82, 2.24) is 0 Å². The third-order valence-electron chi connectivity index (χ3n) is 5.72. The number of halogens is 6. The van der Waals surface area contributed by atoms with Crippen molar-refractivity contribution in [3.05, 3.63) is 92.2 Å². The molecule has 3 aromatic rings. The minimum atomic E-state index is -1.37. The largest absolute Gasteiger partial charge is 0.396 e. The molecule has 0 aliphatic heterocycles. The normalized spacial score (nSPS) is 17.8. The van der Waals surface area contributed by atoms with Crippen molar-refractivity contribution in [3.8, 4) is 0 Å². The van der Waals surface area contributed by atoms with Gasteiger partial charge in [0.05, 0.1) is 28.4 Å². The van der Waals surface area contributed by atoms with Crippen LogP contribution in [-0.2, 0) is 9.63 Å². The van der Waals surface area contributed by atoms with E-state index >= 15 is 0 Å². The summed E-state index contributed by atoms with van der Waals surface area (Å²) in [5.41, 5.74) is 1.56. The Labute approximate surface area is 243 Å². The van der Waals surface area contributed by atoms with Gasteiger partial charge in [0.25, 0.3) is 5.91 Å². The summed E-state index contributed by atoms with van der Waals surface area (Å²) in [5, 5.41) is 10.0. The number of oxime groups is 1. The van der Waals surface area contributed by atoms with Crippen molar-refractivity contribution in [2.24, 2.45) is 11.1 Å². The quantitative estimate of drug-likeness (QED) is 0.153. The summed E-state index contributed by atoms with van der Waals surface area (Å²) in [6.45, 7) is 2.07. The molecule has 2 N–H and O–H groups in total. The number of anilines is 2. The third-order valence-corrected chi connectivity index (χ3v) is 7.42. The van der Waals surface area contributed by atoms with Gasteiger partial charge in [0.15, 0.2) is 0 Å². The minimum Gasteiger partial charge on any atom is -0.396 e. The first-order valence-corrected chi connectivity index (χ1v) is 13.1. The van der Waals surface area contributed by atoms with E-state index in [-0.39, 0.29) is 21.8 Å². The predicted octanol–water partition coefficient (Wildman–Crippen LogP) is 7.93. The molecule has 0 bridgehead atoms. The van der Waals surface area contributed by atoms with Crippen LogP contribution in [0, 0.1) is 11.7 Å². The van der Waals surface area contributed by atoms with E-state index in [2.05, 4.69) is 15.8 Å². The van der Waals surface area contributed by atoms with Crippen LogP contribution in [0.4, 0.5) is 15.8 Å². The van der Waals surface area contributed by atoms with Crippen LogP contribution in [0.3, 0.4) is 0 Å². The molecule has 2 amide bonds. The number of hydrogen-bond acceptors (Lipinski definition) is 4. The highest BCUT2D eigenvalue weighted by atomic mass is 35.5. The van der Waals surface area contributed by atoms with Crippen molar-refractivity contribution in [2.45, 2.75) is 17.2 Å². The number of benzene rings is 3. The van der Waals surface area contributed by atoms with Gasteiger partial charge in [-0.2, -0.15) is 0 Å². The van der Waals surface area contributed by atoms with Gasteiger partial charge in [0.1, 0.15) is 16.8 Å². The van der Waals surface area contributed by atoms with E-state index in [4.69, 9.17) is 62.8 Å². The van der Waals surface area contributed by atoms with Gasteiger partial charge in [-0.05, 0) is 67.1 Å². The first-order valence-electron chi connectivity index (χ1n) is 11.2. The number of nitrogens with one attached hydrogen (secondary N) is 2. The standard InChI is InChI=1S/C26H19Cl5FN3O3/c1-2-38-33-12-14-9-17(32)3-6-21(14)35-24(36)19-11-18(4-5-20(19)29)34-25(37)23-22(26(23,30)31)13-7-15(27)10-16(28)8-13/h3-12,22-23H,2H2,1H3,(H,34,37)(H,35,36)/b33-12+. The van der Waals surface area contributed by atoms with Gasteiger partial charge in [0, 0.05) is 27.2 Å². The molecule has 6 nitrogen and oxygen atoms in total. The van der Waals surface area contributed by atoms with Crippen LogP contribution < -0.4 is 10.6 Å². The molecule has 0 spiro atoms. The molecule has 198 valence electrons. The molecule has 1 saturated carbocycles. The number of alkyl halides is 2. The molecule has 4 rings (SSSR count). The van der Waals surface area contributed by atoms with Crippen LogP contribution >= 0.6 is 58.0 Å². The summed E-state index contributed by atoms with van der Waals surface area (Å²) >= 11 is 31.3. The maximum absolute atomic E-state index is 13.7. The molecular formula is C26H19Cl5FN3O3. The summed E-state index contributed by atoms with van der Waals surface area (Å²) < 4.78 is 12.4. The van der Waals surface area contributed by atoms with E-state index in [0.717, 1.165) is 0 Å². The number of carbonyl (C=O) groups is 2. The topological polar surface area (TPSA) is 79.8 Å². The van der Waals surface area contributed by atoms with Crippen LogP contribution in [0.2, 0.25) is 15.1 Å². The van der Waals surface area contributed by atoms with Crippen molar-refractivity contribution >= 4 is 87.4 Å². The Bertz CT molecular complexity index is 1410. The minimum absolute atomic E-state index is 0.0680. The highest BCUT2D eigenvalue weighted by Crippen LogP contribution is 2.65. The van der Waals surface area contributed by atoms with Crippen molar-refractivity contribution in [2.75, 3.05) is 17.2 Å². The van der Waals surface area contributed by atoms with Crippen LogP contribution in [-0.4, -0.2) is 29.0 Å². The number of carbonyl (C=O) groups excluding carboxylic acids is 2. The zero-order valence-corrected chi connectivity index (χ0v) is 23.4. The number of amides is 2. The maximum Gasteiger partial charge on any atom is 0.257 e. The van der Waals surface area contributed by atoms with Gasteiger partial charge in [-0.1, -0.05) is 40.0 Å². The zero-order chi connectivity index (χ0) is 27.6. The third kappa shape index (κ3) is 6.35. The van der Waals surface area contributed by atoms with Crippen LogP contribution in [0.5, 0.6) is 0 Å². The lowest BCUT2D eigenvalue weighted by atomic mass is 10.1. The van der Waals surface area contributed by atoms with E-state index in [0.29, 0.717) is 27.9 Å². The average molecular weight is 618 g/mol. The lowest BCUT2D eigenvalue weighted by Crippen LogP contribution is -2.18. The highest BCUT2D eigenvalue weighted by Gasteiger charge is 2.67. The van der Waals surface area contributed by atoms with Gasteiger partial charge in [-0.15, -0.1) is 23.2 Å².